The Labute approximate surface area is 106 Å². The summed E-state index contributed by atoms with van der Waals surface area (Å²) < 4.78 is 0. The predicted octanol–water partition coefficient (Wildman–Crippen LogP) is 1.41. The van der Waals surface area contributed by atoms with Crippen LogP contribution < -0.4 is 5.32 Å². The molecule has 1 aliphatic rings. The molecule has 94 valence electrons. The third-order valence-corrected chi connectivity index (χ3v) is 4.01. The molecule has 1 unspecified atom stereocenters. The molecule has 17 heavy (non-hydrogen) atoms. The van der Waals surface area contributed by atoms with E-state index >= 15 is 0 Å². The molecule has 1 saturated heterocycles. The maximum Gasteiger partial charge on any atom is 0.222 e. The highest BCUT2D eigenvalue weighted by atomic mass is 32.1. The van der Waals surface area contributed by atoms with Crippen LogP contribution in [0.15, 0.2) is 6.20 Å². The van der Waals surface area contributed by atoms with Crippen LogP contribution in [0, 0.1) is 12.8 Å². The van der Waals surface area contributed by atoms with Crippen molar-refractivity contribution in [2.75, 3.05) is 20.1 Å². The Bertz CT molecular complexity index is 385. The van der Waals surface area contributed by atoms with Crippen molar-refractivity contribution in [2.24, 2.45) is 5.92 Å². The van der Waals surface area contributed by atoms with E-state index < -0.39 is 0 Å². The van der Waals surface area contributed by atoms with Gasteiger partial charge in [0.2, 0.25) is 5.91 Å². The van der Waals surface area contributed by atoms with Crippen molar-refractivity contribution in [3.8, 4) is 0 Å². The van der Waals surface area contributed by atoms with Gasteiger partial charge in [-0.1, -0.05) is 0 Å². The van der Waals surface area contributed by atoms with E-state index in [0.717, 1.165) is 29.4 Å². The lowest BCUT2D eigenvalue weighted by Crippen LogP contribution is -2.28. The van der Waals surface area contributed by atoms with Gasteiger partial charge >= 0.3 is 0 Å². The number of carbonyl (C=O) groups excluding carboxylic acids is 1. The molecule has 1 N–H and O–H groups in total. The number of rotatable bonds is 4. The number of aryl methyl sites for hydroxylation is 1. The molecule has 4 nitrogen and oxygen atoms in total. The highest BCUT2D eigenvalue weighted by Crippen LogP contribution is 2.17. The van der Waals surface area contributed by atoms with Gasteiger partial charge < -0.3 is 10.2 Å². The summed E-state index contributed by atoms with van der Waals surface area (Å²) in [6.45, 7) is 4.71. The van der Waals surface area contributed by atoms with Gasteiger partial charge in [-0.05, 0) is 32.4 Å². The standard InChI is InChI=1S/C12H19N3OS/c1-9-14-7-11(17-9)8-15(2)12(16)5-10-3-4-13-6-10/h7,10,13H,3-6,8H2,1-2H3. The van der Waals surface area contributed by atoms with Crippen LogP contribution in [0.25, 0.3) is 0 Å². The zero-order valence-electron chi connectivity index (χ0n) is 10.4. The molecule has 2 rings (SSSR count). The van der Waals surface area contributed by atoms with Gasteiger partial charge in [0.15, 0.2) is 0 Å². The first-order chi connectivity index (χ1) is 8.15. The highest BCUT2D eigenvalue weighted by molar-refractivity contribution is 7.11. The van der Waals surface area contributed by atoms with Gasteiger partial charge in [-0.3, -0.25) is 4.79 Å². The normalized spacial score (nSPS) is 19.5. The van der Waals surface area contributed by atoms with E-state index in [4.69, 9.17) is 0 Å². The van der Waals surface area contributed by atoms with Gasteiger partial charge in [-0.15, -0.1) is 11.3 Å². The lowest BCUT2D eigenvalue weighted by Gasteiger charge is -2.18. The first kappa shape index (κ1) is 12.5. The fourth-order valence-corrected chi connectivity index (χ4v) is 2.94. The summed E-state index contributed by atoms with van der Waals surface area (Å²) >= 11 is 1.66. The number of nitrogens with zero attached hydrogens (tertiary/aromatic N) is 2. The van der Waals surface area contributed by atoms with Gasteiger partial charge in [0.25, 0.3) is 0 Å². The molecule has 0 saturated carbocycles. The van der Waals surface area contributed by atoms with Crippen molar-refractivity contribution in [2.45, 2.75) is 26.3 Å². The Morgan fingerprint density at radius 2 is 2.53 bits per heavy atom. The van der Waals surface area contributed by atoms with Crippen LogP contribution in [-0.2, 0) is 11.3 Å². The van der Waals surface area contributed by atoms with Crippen LogP contribution in [0.2, 0.25) is 0 Å². The van der Waals surface area contributed by atoms with Gasteiger partial charge in [-0.25, -0.2) is 4.98 Å². The van der Waals surface area contributed by atoms with Crippen molar-refractivity contribution in [1.82, 2.24) is 15.2 Å². The van der Waals surface area contributed by atoms with E-state index in [-0.39, 0.29) is 5.91 Å². The molecule has 1 fully saturated rings. The van der Waals surface area contributed by atoms with Crippen LogP contribution in [-0.4, -0.2) is 35.9 Å². The highest BCUT2D eigenvalue weighted by Gasteiger charge is 2.20. The lowest BCUT2D eigenvalue weighted by molar-refractivity contribution is -0.131. The minimum Gasteiger partial charge on any atom is -0.341 e. The maximum absolute atomic E-state index is 12.0. The summed E-state index contributed by atoms with van der Waals surface area (Å²) in [5, 5.41) is 4.35. The molecule has 0 spiro atoms. The summed E-state index contributed by atoms with van der Waals surface area (Å²) in [7, 11) is 1.87. The number of thiazole rings is 1. The number of hydrogen-bond donors (Lipinski definition) is 1. The van der Waals surface area contributed by atoms with Gasteiger partial charge in [-0.2, -0.15) is 0 Å². The van der Waals surface area contributed by atoms with Crippen molar-refractivity contribution in [1.29, 1.82) is 0 Å². The predicted molar refractivity (Wildman–Crippen MR) is 68.9 cm³/mol. The van der Waals surface area contributed by atoms with Gasteiger partial charge in [0.05, 0.1) is 11.6 Å². The van der Waals surface area contributed by atoms with Crippen LogP contribution in [0.4, 0.5) is 0 Å². The van der Waals surface area contributed by atoms with E-state index in [1.165, 1.54) is 0 Å². The van der Waals surface area contributed by atoms with Crippen LogP contribution in [0.1, 0.15) is 22.7 Å². The second kappa shape index (κ2) is 5.60. The van der Waals surface area contributed by atoms with Crippen molar-refractivity contribution in [3.63, 3.8) is 0 Å². The molecule has 0 bridgehead atoms. The summed E-state index contributed by atoms with van der Waals surface area (Å²) in [6, 6.07) is 0. The SMILES string of the molecule is Cc1ncc(CN(C)C(=O)CC2CCNC2)s1. The fraction of sp³-hybridized carbons (Fsp3) is 0.667. The topological polar surface area (TPSA) is 45.2 Å². The van der Waals surface area contributed by atoms with E-state index in [2.05, 4.69) is 10.3 Å². The Hall–Kier alpha value is -0.940. The second-order valence-corrected chi connectivity index (χ2v) is 5.98. The largest absolute Gasteiger partial charge is 0.341 e. The Balaban J connectivity index is 1.82. The Morgan fingerprint density at radius 1 is 1.71 bits per heavy atom. The zero-order valence-corrected chi connectivity index (χ0v) is 11.2. The molecular formula is C12H19N3OS. The Kier molecular flexibility index (Phi) is 4.12. The molecule has 5 heteroatoms. The number of hydrogen-bond acceptors (Lipinski definition) is 4. The van der Waals surface area contributed by atoms with Crippen LogP contribution in [0.5, 0.6) is 0 Å². The fourth-order valence-electron chi connectivity index (χ4n) is 2.09. The third kappa shape index (κ3) is 3.51. The molecule has 0 radical (unpaired) electrons. The van der Waals surface area contributed by atoms with E-state index in [1.54, 1.807) is 11.3 Å². The molecule has 0 aromatic carbocycles. The summed E-state index contributed by atoms with van der Waals surface area (Å²) in [5.41, 5.74) is 0. The minimum absolute atomic E-state index is 0.241. The number of aromatic nitrogens is 1. The van der Waals surface area contributed by atoms with Crippen molar-refractivity contribution in [3.05, 3.63) is 16.1 Å². The zero-order chi connectivity index (χ0) is 12.3. The molecule has 1 aliphatic heterocycles. The van der Waals surface area contributed by atoms with Gasteiger partial charge in [0, 0.05) is 24.5 Å². The van der Waals surface area contributed by atoms with Gasteiger partial charge in [0.1, 0.15) is 0 Å². The molecule has 2 heterocycles. The molecule has 1 amide bonds. The van der Waals surface area contributed by atoms with Crippen molar-refractivity contribution >= 4 is 17.2 Å². The average Bonchev–Trinajstić information content (AvgIpc) is 2.90. The third-order valence-electron chi connectivity index (χ3n) is 3.11. The molecule has 0 aliphatic carbocycles. The number of nitrogens with one attached hydrogen (secondary N) is 1. The van der Waals surface area contributed by atoms with Crippen molar-refractivity contribution < 1.29 is 4.79 Å². The lowest BCUT2D eigenvalue weighted by atomic mass is 10.0. The molecule has 1 aromatic heterocycles. The smallest absolute Gasteiger partial charge is 0.222 e. The monoisotopic (exact) mass is 253 g/mol. The first-order valence-electron chi connectivity index (χ1n) is 6.01. The second-order valence-electron chi connectivity index (χ2n) is 4.66. The number of carbonyl (C=O) groups is 1. The summed E-state index contributed by atoms with van der Waals surface area (Å²) in [6.07, 6.45) is 3.65. The van der Waals surface area contributed by atoms with E-state index in [0.29, 0.717) is 18.9 Å². The molecule has 1 atom stereocenters. The number of amides is 1. The average molecular weight is 253 g/mol. The van der Waals surface area contributed by atoms with E-state index in [1.807, 2.05) is 25.1 Å². The van der Waals surface area contributed by atoms with Crippen LogP contribution >= 0.6 is 11.3 Å². The molecule has 1 aromatic rings. The minimum atomic E-state index is 0.241. The summed E-state index contributed by atoms with van der Waals surface area (Å²) in [4.78, 5) is 19.2. The first-order valence-corrected chi connectivity index (χ1v) is 6.83. The summed E-state index contributed by atoms with van der Waals surface area (Å²) in [5.74, 6) is 0.762. The van der Waals surface area contributed by atoms with E-state index in [9.17, 15) is 4.79 Å². The maximum atomic E-state index is 12.0. The van der Waals surface area contributed by atoms with Crippen LogP contribution in [0.3, 0.4) is 0 Å². The Morgan fingerprint density at radius 3 is 3.12 bits per heavy atom. The molecular weight excluding hydrogens is 234 g/mol. The quantitative estimate of drug-likeness (QED) is 0.882.